The molecule has 0 bridgehead atoms. The van der Waals surface area contributed by atoms with Gasteiger partial charge in [0, 0.05) is 31.9 Å². The Morgan fingerprint density at radius 3 is 3.00 bits per heavy atom. The van der Waals surface area contributed by atoms with Gasteiger partial charge in [0.1, 0.15) is 16.9 Å². The standard InChI is InChI=1S/C14H17ClN4/c15-13-11(9-16)4-5-17-14(13)19-8-2-7-18-6-1-3-12(18)10-19/h4-5,12H,1-3,6-8,10H2. The molecule has 1 aromatic heterocycles. The van der Waals surface area contributed by atoms with Crippen LogP contribution in [0.5, 0.6) is 0 Å². The van der Waals surface area contributed by atoms with Crippen molar-refractivity contribution < 1.29 is 0 Å². The van der Waals surface area contributed by atoms with E-state index in [-0.39, 0.29) is 0 Å². The third kappa shape index (κ3) is 2.41. The molecule has 2 aliphatic heterocycles. The monoisotopic (exact) mass is 276 g/mol. The predicted molar refractivity (Wildman–Crippen MR) is 75.4 cm³/mol. The molecule has 19 heavy (non-hydrogen) atoms. The van der Waals surface area contributed by atoms with Crippen molar-refractivity contribution in [1.82, 2.24) is 9.88 Å². The van der Waals surface area contributed by atoms with Crippen molar-refractivity contribution in [3.05, 3.63) is 22.8 Å². The van der Waals surface area contributed by atoms with Gasteiger partial charge in [-0.15, -0.1) is 0 Å². The minimum absolute atomic E-state index is 0.497. The largest absolute Gasteiger partial charge is 0.354 e. The second kappa shape index (κ2) is 5.36. The van der Waals surface area contributed by atoms with Gasteiger partial charge in [0.15, 0.2) is 0 Å². The molecule has 0 spiro atoms. The van der Waals surface area contributed by atoms with Crippen LogP contribution in [-0.4, -0.2) is 42.1 Å². The summed E-state index contributed by atoms with van der Waals surface area (Å²) in [5.74, 6) is 0.773. The van der Waals surface area contributed by atoms with Gasteiger partial charge in [-0.2, -0.15) is 5.26 Å². The van der Waals surface area contributed by atoms with Gasteiger partial charge >= 0.3 is 0 Å². The minimum atomic E-state index is 0.497. The third-order valence-corrected chi connectivity index (χ3v) is 4.47. The van der Waals surface area contributed by atoms with Crippen LogP contribution in [0, 0.1) is 11.3 Å². The average molecular weight is 277 g/mol. The van der Waals surface area contributed by atoms with E-state index in [4.69, 9.17) is 16.9 Å². The van der Waals surface area contributed by atoms with E-state index in [0.29, 0.717) is 16.6 Å². The predicted octanol–water partition coefficient (Wildman–Crippen LogP) is 2.28. The number of hydrogen-bond donors (Lipinski definition) is 0. The van der Waals surface area contributed by atoms with Crippen LogP contribution in [0.3, 0.4) is 0 Å². The van der Waals surface area contributed by atoms with Crippen LogP contribution in [0.4, 0.5) is 5.82 Å². The molecule has 4 nitrogen and oxygen atoms in total. The zero-order valence-corrected chi connectivity index (χ0v) is 11.6. The average Bonchev–Trinajstić information content (AvgIpc) is 2.77. The molecular weight excluding hydrogens is 260 g/mol. The summed E-state index contributed by atoms with van der Waals surface area (Å²) in [6.45, 7) is 4.32. The number of nitrogens with zero attached hydrogens (tertiary/aromatic N) is 4. The highest BCUT2D eigenvalue weighted by Gasteiger charge is 2.30. The van der Waals surface area contributed by atoms with Gasteiger partial charge in [0.2, 0.25) is 0 Å². The van der Waals surface area contributed by atoms with Gasteiger partial charge in [-0.25, -0.2) is 4.98 Å². The van der Waals surface area contributed by atoms with Crippen LogP contribution in [0.2, 0.25) is 5.02 Å². The van der Waals surface area contributed by atoms with Gasteiger partial charge in [-0.3, -0.25) is 4.90 Å². The molecule has 2 saturated heterocycles. The zero-order valence-electron chi connectivity index (χ0n) is 10.8. The lowest BCUT2D eigenvalue weighted by atomic mass is 10.2. The highest BCUT2D eigenvalue weighted by molar-refractivity contribution is 6.34. The van der Waals surface area contributed by atoms with Gasteiger partial charge in [0.25, 0.3) is 0 Å². The number of nitriles is 1. The fraction of sp³-hybridized carbons (Fsp3) is 0.571. The van der Waals surface area contributed by atoms with Crippen LogP contribution >= 0.6 is 11.6 Å². The summed E-state index contributed by atoms with van der Waals surface area (Å²) in [6.07, 6.45) is 5.35. The van der Waals surface area contributed by atoms with Crippen LogP contribution in [-0.2, 0) is 0 Å². The maximum Gasteiger partial charge on any atom is 0.148 e. The summed E-state index contributed by atoms with van der Waals surface area (Å²) < 4.78 is 0. The SMILES string of the molecule is N#Cc1ccnc(N2CCCN3CCCC3C2)c1Cl. The van der Waals surface area contributed by atoms with E-state index in [9.17, 15) is 0 Å². The van der Waals surface area contributed by atoms with Crippen molar-refractivity contribution >= 4 is 17.4 Å². The Morgan fingerprint density at radius 2 is 2.16 bits per heavy atom. The van der Waals surface area contributed by atoms with Crippen LogP contribution < -0.4 is 4.90 Å². The maximum absolute atomic E-state index is 9.06. The molecule has 0 aliphatic carbocycles. The van der Waals surface area contributed by atoms with Gasteiger partial charge < -0.3 is 4.90 Å². The van der Waals surface area contributed by atoms with Crippen molar-refractivity contribution in [3.63, 3.8) is 0 Å². The van der Waals surface area contributed by atoms with E-state index < -0.39 is 0 Å². The fourth-order valence-electron chi connectivity index (χ4n) is 3.14. The van der Waals surface area contributed by atoms with E-state index in [1.165, 1.54) is 19.4 Å². The summed E-state index contributed by atoms with van der Waals surface area (Å²) in [4.78, 5) is 9.21. The molecule has 100 valence electrons. The number of fused-ring (bicyclic) bond motifs is 1. The Hall–Kier alpha value is -1.31. The maximum atomic E-state index is 9.06. The minimum Gasteiger partial charge on any atom is -0.354 e. The third-order valence-electron chi connectivity index (χ3n) is 4.09. The first-order chi connectivity index (χ1) is 9.29. The highest BCUT2D eigenvalue weighted by atomic mass is 35.5. The summed E-state index contributed by atoms with van der Waals surface area (Å²) in [6, 6.07) is 4.42. The van der Waals surface area contributed by atoms with E-state index in [2.05, 4.69) is 20.9 Å². The smallest absolute Gasteiger partial charge is 0.148 e. The molecule has 1 aromatic rings. The molecule has 3 rings (SSSR count). The first-order valence-electron chi connectivity index (χ1n) is 6.83. The molecule has 1 unspecified atom stereocenters. The van der Waals surface area contributed by atoms with Crippen LogP contribution in [0.25, 0.3) is 0 Å². The first kappa shape index (κ1) is 12.7. The zero-order chi connectivity index (χ0) is 13.2. The Morgan fingerprint density at radius 1 is 1.32 bits per heavy atom. The van der Waals surface area contributed by atoms with E-state index in [1.54, 1.807) is 12.3 Å². The Labute approximate surface area is 118 Å². The Balaban J connectivity index is 1.87. The molecule has 5 heteroatoms. The number of halogens is 1. The number of anilines is 1. The second-order valence-corrected chi connectivity index (χ2v) is 5.62. The molecule has 1 atom stereocenters. The Bertz CT molecular complexity index is 511. The first-order valence-corrected chi connectivity index (χ1v) is 7.21. The number of hydrogen-bond acceptors (Lipinski definition) is 4. The Kier molecular flexibility index (Phi) is 3.58. The van der Waals surface area contributed by atoms with Crippen molar-refractivity contribution in [2.75, 3.05) is 31.1 Å². The quantitative estimate of drug-likeness (QED) is 0.789. The molecule has 2 aliphatic rings. The summed E-state index contributed by atoms with van der Waals surface area (Å²) in [5, 5.41) is 9.55. The number of pyridine rings is 1. The summed E-state index contributed by atoms with van der Waals surface area (Å²) >= 11 is 6.30. The number of aromatic nitrogens is 1. The lowest BCUT2D eigenvalue weighted by molar-refractivity contribution is 0.273. The van der Waals surface area contributed by atoms with Crippen molar-refractivity contribution in [2.45, 2.75) is 25.3 Å². The van der Waals surface area contributed by atoms with E-state index in [0.717, 1.165) is 31.9 Å². The summed E-state index contributed by atoms with van der Waals surface area (Å²) in [7, 11) is 0. The van der Waals surface area contributed by atoms with Crippen molar-refractivity contribution in [3.8, 4) is 6.07 Å². The van der Waals surface area contributed by atoms with Crippen molar-refractivity contribution in [2.24, 2.45) is 0 Å². The van der Waals surface area contributed by atoms with Gasteiger partial charge in [-0.05, 0) is 31.9 Å². The molecule has 0 N–H and O–H groups in total. The molecule has 0 saturated carbocycles. The van der Waals surface area contributed by atoms with Crippen LogP contribution in [0.15, 0.2) is 12.3 Å². The number of rotatable bonds is 1. The second-order valence-electron chi connectivity index (χ2n) is 5.24. The molecular formula is C14H17ClN4. The fourth-order valence-corrected chi connectivity index (χ4v) is 3.41. The van der Waals surface area contributed by atoms with Crippen molar-refractivity contribution in [1.29, 1.82) is 5.26 Å². The van der Waals surface area contributed by atoms with E-state index >= 15 is 0 Å². The summed E-state index contributed by atoms with van der Waals surface area (Å²) in [5.41, 5.74) is 0.513. The molecule has 2 fully saturated rings. The topological polar surface area (TPSA) is 43.2 Å². The molecule has 0 aromatic carbocycles. The van der Waals surface area contributed by atoms with E-state index in [1.807, 2.05) is 0 Å². The lowest BCUT2D eigenvalue weighted by Gasteiger charge is -2.27. The van der Waals surface area contributed by atoms with Gasteiger partial charge in [0.05, 0.1) is 5.56 Å². The molecule has 0 radical (unpaired) electrons. The van der Waals surface area contributed by atoms with Crippen LogP contribution in [0.1, 0.15) is 24.8 Å². The van der Waals surface area contributed by atoms with Gasteiger partial charge in [-0.1, -0.05) is 11.6 Å². The lowest BCUT2D eigenvalue weighted by Crippen LogP contribution is -2.37. The molecule has 0 amide bonds. The molecule has 3 heterocycles. The highest BCUT2D eigenvalue weighted by Crippen LogP contribution is 2.30. The normalized spacial score (nSPS) is 23.8.